The SMILES string of the molecule is CSc1nc(C(C)C)c(C(=O)O)c(N2CC(C)(C)c3nc(Br)ccc32)n1. The summed E-state index contributed by atoms with van der Waals surface area (Å²) in [6.45, 7) is 8.71. The number of thioether (sulfide) groups is 1. The number of nitrogens with zero attached hydrogens (tertiary/aromatic N) is 4. The van der Waals surface area contributed by atoms with Crippen LogP contribution in [0.25, 0.3) is 0 Å². The fraction of sp³-hybridized carbons (Fsp3) is 0.444. The topological polar surface area (TPSA) is 79.2 Å². The average Bonchev–Trinajstić information content (AvgIpc) is 2.84. The van der Waals surface area contributed by atoms with E-state index in [0.717, 1.165) is 16.0 Å². The number of fused-ring (bicyclic) bond motifs is 1. The minimum atomic E-state index is -1.01. The van der Waals surface area contributed by atoms with Crippen molar-refractivity contribution in [2.24, 2.45) is 0 Å². The molecule has 0 spiro atoms. The summed E-state index contributed by atoms with van der Waals surface area (Å²) in [5.41, 5.74) is 2.32. The predicted molar refractivity (Wildman–Crippen MR) is 107 cm³/mol. The Labute approximate surface area is 165 Å². The molecule has 1 aliphatic rings. The quantitative estimate of drug-likeness (QED) is 0.425. The molecule has 2 aromatic rings. The highest BCUT2D eigenvalue weighted by Crippen LogP contribution is 2.45. The smallest absolute Gasteiger partial charge is 0.341 e. The molecule has 0 saturated carbocycles. The number of hydrogen-bond acceptors (Lipinski definition) is 6. The zero-order valence-electron chi connectivity index (χ0n) is 15.4. The van der Waals surface area contributed by atoms with Gasteiger partial charge < -0.3 is 10.0 Å². The molecular weight excluding hydrogens is 416 g/mol. The fourth-order valence-corrected chi connectivity index (χ4v) is 3.92. The highest BCUT2D eigenvalue weighted by atomic mass is 79.9. The van der Waals surface area contributed by atoms with Gasteiger partial charge in [0.1, 0.15) is 10.2 Å². The molecular formula is C18H21BrN4O2S. The number of aromatic carboxylic acids is 1. The number of hydrogen-bond donors (Lipinski definition) is 1. The lowest BCUT2D eigenvalue weighted by Crippen LogP contribution is -2.28. The van der Waals surface area contributed by atoms with Crippen LogP contribution in [-0.2, 0) is 5.41 Å². The molecule has 0 saturated heterocycles. The summed E-state index contributed by atoms with van der Waals surface area (Å²) in [4.78, 5) is 27.7. The largest absolute Gasteiger partial charge is 0.477 e. The van der Waals surface area contributed by atoms with Crippen molar-refractivity contribution in [1.82, 2.24) is 15.0 Å². The third-order valence-electron chi connectivity index (χ3n) is 4.42. The first-order chi connectivity index (χ1) is 12.2. The minimum Gasteiger partial charge on any atom is -0.477 e. The molecule has 0 aliphatic carbocycles. The highest BCUT2D eigenvalue weighted by Gasteiger charge is 2.40. The zero-order valence-corrected chi connectivity index (χ0v) is 17.8. The molecule has 3 heterocycles. The van der Waals surface area contributed by atoms with Crippen LogP contribution in [0.4, 0.5) is 11.5 Å². The second-order valence-corrected chi connectivity index (χ2v) is 8.81. The van der Waals surface area contributed by atoms with Crippen molar-refractivity contribution in [2.75, 3.05) is 17.7 Å². The molecule has 6 nitrogen and oxygen atoms in total. The van der Waals surface area contributed by atoms with Crippen LogP contribution >= 0.6 is 27.7 Å². The van der Waals surface area contributed by atoms with Crippen molar-refractivity contribution < 1.29 is 9.90 Å². The Morgan fingerprint density at radius 1 is 1.31 bits per heavy atom. The predicted octanol–water partition coefficient (Wildman–Crippen LogP) is 4.61. The lowest BCUT2D eigenvalue weighted by Gasteiger charge is -2.24. The van der Waals surface area contributed by atoms with Crippen LogP contribution in [0.3, 0.4) is 0 Å². The maximum Gasteiger partial charge on any atom is 0.341 e. The zero-order chi connectivity index (χ0) is 19.2. The first-order valence-corrected chi connectivity index (χ1v) is 10.3. The molecule has 0 fully saturated rings. The second-order valence-electron chi connectivity index (χ2n) is 7.23. The first kappa shape index (κ1) is 19.1. The number of rotatable bonds is 4. The molecule has 0 atom stereocenters. The molecule has 26 heavy (non-hydrogen) atoms. The minimum absolute atomic E-state index is 0.0214. The number of aromatic nitrogens is 3. The maximum atomic E-state index is 12.1. The van der Waals surface area contributed by atoms with Crippen LogP contribution in [0.5, 0.6) is 0 Å². The molecule has 3 rings (SSSR count). The summed E-state index contributed by atoms with van der Waals surface area (Å²) in [5.74, 6) is -0.587. The highest BCUT2D eigenvalue weighted by molar-refractivity contribution is 9.10. The van der Waals surface area contributed by atoms with Crippen molar-refractivity contribution in [2.45, 2.75) is 44.2 Å². The first-order valence-electron chi connectivity index (χ1n) is 8.29. The van der Waals surface area contributed by atoms with E-state index in [9.17, 15) is 9.90 Å². The van der Waals surface area contributed by atoms with Gasteiger partial charge in [-0.15, -0.1) is 0 Å². The van der Waals surface area contributed by atoms with Crippen LogP contribution in [0, 0.1) is 0 Å². The van der Waals surface area contributed by atoms with Gasteiger partial charge in [0.15, 0.2) is 11.0 Å². The molecule has 0 aromatic carbocycles. The number of carbonyl (C=O) groups is 1. The molecule has 138 valence electrons. The number of halogens is 1. The third kappa shape index (κ3) is 3.20. The molecule has 8 heteroatoms. The summed E-state index contributed by atoms with van der Waals surface area (Å²) in [7, 11) is 0. The summed E-state index contributed by atoms with van der Waals surface area (Å²) in [6, 6.07) is 3.83. The molecule has 0 bridgehead atoms. The van der Waals surface area contributed by atoms with Crippen molar-refractivity contribution in [3.63, 3.8) is 0 Å². The van der Waals surface area contributed by atoms with Gasteiger partial charge in [0, 0.05) is 12.0 Å². The lowest BCUT2D eigenvalue weighted by atomic mass is 9.91. The Kier molecular flexibility index (Phi) is 5.00. The monoisotopic (exact) mass is 436 g/mol. The van der Waals surface area contributed by atoms with Crippen molar-refractivity contribution in [3.05, 3.63) is 33.7 Å². The van der Waals surface area contributed by atoms with Crippen LogP contribution in [0.1, 0.15) is 55.4 Å². The average molecular weight is 437 g/mol. The second kappa shape index (κ2) is 6.81. The van der Waals surface area contributed by atoms with Gasteiger partial charge in [-0.05, 0) is 40.2 Å². The standard InChI is InChI=1S/C18H21BrN4O2S/c1-9(2)13-12(16(24)25)15(22-17(21-13)26-5)23-8-18(3,4)14-10(23)6-7-11(19)20-14/h6-7,9H,8H2,1-5H3,(H,24,25). The van der Waals surface area contributed by atoms with Gasteiger partial charge in [-0.25, -0.2) is 19.7 Å². The lowest BCUT2D eigenvalue weighted by molar-refractivity contribution is 0.0694. The van der Waals surface area contributed by atoms with E-state index in [2.05, 4.69) is 44.7 Å². The van der Waals surface area contributed by atoms with E-state index >= 15 is 0 Å². The molecule has 1 N–H and O–H groups in total. The Bertz CT molecular complexity index is 886. The Balaban J connectivity index is 2.28. The van der Waals surface area contributed by atoms with Crippen molar-refractivity contribution >= 4 is 45.2 Å². The van der Waals surface area contributed by atoms with Gasteiger partial charge in [0.05, 0.1) is 17.1 Å². The normalized spacial score (nSPS) is 15.4. The van der Waals surface area contributed by atoms with E-state index in [1.807, 2.05) is 37.1 Å². The van der Waals surface area contributed by atoms with Gasteiger partial charge in [0.25, 0.3) is 0 Å². The molecule has 0 amide bonds. The van der Waals surface area contributed by atoms with E-state index in [1.165, 1.54) is 11.8 Å². The van der Waals surface area contributed by atoms with Gasteiger partial charge >= 0.3 is 5.97 Å². The number of anilines is 2. The summed E-state index contributed by atoms with van der Waals surface area (Å²) < 4.78 is 0.764. The molecule has 0 unspecified atom stereocenters. The van der Waals surface area contributed by atoms with E-state index in [4.69, 9.17) is 0 Å². The van der Waals surface area contributed by atoms with Gasteiger partial charge in [-0.3, -0.25) is 0 Å². The van der Waals surface area contributed by atoms with Crippen molar-refractivity contribution in [3.8, 4) is 0 Å². The Morgan fingerprint density at radius 3 is 2.58 bits per heavy atom. The maximum absolute atomic E-state index is 12.1. The Hall–Kier alpha value is -1.67. The van der Waals surface area contributed by atoms with Gasteiger partial charge in [-0.2, -0.15) is 0 Å². The number of pyridine rings is 1. The summed E-state index contributed by atoms with van der Waals surface area (Å²) >= 11 is 4.84. The van der Waals surface area contributed by atoms with Crippen LogP contribution < -0.4 is 4.90 Å². The summed E-state index contributed by atoms with van der Waals surface area (Å²) in [5, 5.41) is 10.5. The van der Waals surface area contributed by atoms with Gasteiger partial charge in [0.2, 0.25) is 0 Å². The van der Waals surface area contributed by atoms with Gasteiger partial charge in [-0.1, -0.05) is 39.5 Å². The van der Waals surface area contributed by atoms with E-state index in [-0.39, 0.29) is 16.9 Å². The van der Waals surface area contributed by atoms with Crippen LogP contribution in [0.15, 0.2) is 21.9 Å². The fourth-order valence-electron chi connectivity index (χ4n) is 3.24. The van der Waals surface area contributed by atoms with E-state index in [0.29, 0.717) is 23.2 Å². The molecule has 2 aromatic heterocycles. The number of carboxylic acids is 1. The van der Waals surface area contributed by atoms with Crippen LogP contribution in [-0.4, -0.2) is 38.8 Å². The molecule has 0 radical (unpaired) electrons. The van der Waals surface area contributed by atoms with Crippen molar-refractivity contribution in [1.29, 1.82) is 0 Å². The molecule has 1 aliphatic heterocycles. The number of carboxylic acid groups (broad SMARTS) is 1. The third-order valence-corrected chi connectivity index (χ3v) is 5.41. The van der Waals surface area contributed by atoms with E-state index in [1.54, 1.807) is 0 Å². The van der Waals surface area contributed by atoms with Crippen LogP contribution in [0.2, 0.25) is 0 Å². The summed E-state index contributed by atoms with van der Waals surface area (Å²) in [6.07, 6.45) is 1.89. The van der Waals surface area contributed by atoms with E-state index < -0.39 is 5.97 Å². The Morgan fingerprint density at radius 2 is 2.00 bits per heavy atom.